The van der Waals surface area contributed by atoms with Crippen LogP contribution in [0.4, 0.5) is 14.9 Å². The Bertz CT molecular complexity index is 1590. The molecule has 2 aliphatic heterocycles. The Kier molecular flexibility index (Phi) is 8.10. The number of piperidine rings is 1. The number of aromatic nitrogens is 2. The molecule has 3 heterocycles. The number of hydrogen-bond acceptors (Lipinski definition) is 4. The van der Waals surface area contributed by atoms with E-state index in [1.807, 2.05) is 43.0 Å². The summed E-state index contributed by atoms with van der Waals surface area (Å²) in [6.45, 7) is 6.85. The van der Waals surface area contributed by atoms with E-state index < -0.39 is 17.1 Å². The molecule has 0 bridgehead atoms. The maximum atomic E-state index is 14.4. The van der Waals surface area contributed by atoms with Crippen LogP contribution in [0.1, 0.15) is 37.8 Å². The summed E-state index contributed by atoms with van der Waals surface area (Å²) in [7, 11) is 0. The van der Waals surface area contributed by atoms with Gasteiger partial charge in [-0.15, -0.1) is 0 Å². The number of carbonyl (C=O) groups excluding carboxylic acids is 2. The third-order valence-electron chi connectivity index (χ3n) is 8.05. The molecule has 0 saturated carbocycles. The van der Waals surface area contributed by atoms with E-state index in [1.54, 1.807) is 17.9 Å². The van der Waals surface area contributed by atoms with Crippen molar-refractivity contribution in [2.24, 2.45) is 5.92 Å². The van der Waals surface area contributed by atoms with Crippen LogP contribution < -0.4 is 16.6 Å². The highest BCUT2D eigenvalue weighted by molar-refractivity contribution is 5.91. The number of hydrogen-bond donors (Lipinski definition) is 1. The van der Waals surface area contributed by atoms with Gasteiger partial charge in [-0.2, -0.15) is 0 Å². The Balaban J connectivity index is 1.33. The van der Waals surface area contributed by atoms with Crippen molar-refractivity contribution in [3.63, 3.8) is 0 Å². The van der Waals surface area contributed by atoms with E-state index in [4.69, 9.17) is 0 Å². The highest BCUT2D eigenvalue weighted by atomic mass is 19.1. The van der Waals surface area contributed by atoms with Gasteiger partial charge < -0.3 is 15.1 Å². The van der Waals surface area contributed by atoms with E-state index in [0.717, 1.165) is 22.2 Å². The fourth-order valence-electron chi connectivity index (χ4n) is 5.79. The molecule has 5 rings (SSSR count). The summed E-state index contributed by atoms with van der Waals surface area (Å²) < 4.78 is 16.8. The fraction of sp³-hybridized carbons (Fsp3) is 0.419. The SMILES string of the molecule is Cc1c(F)cccc1-c1cn(CC(=O)N2CCC(N3CCc4ccccc4NC3=O)CC2)c(=O)n(CC(C)C)c1=O. The predicted octanol–water partition coefficient (Wildman–Crippen LogP) is 3.86. The number of nitrogens with one attached hydrogen (secondary N) is 1. The summed E-state index contributed by atoms with van der Waals surface area (Å²) in [4.78, 5) is 56.6. The van der Waals surface area contributed by atoms with Crippen molar-refractivity contribution in [3.8, 4) is 11.1 Å². The van der Waals surface area contributed by atoms with Crippen LogP contribution >= 0.6 is 0 Å². The molecule has 3 aromatic rings. The molecule has 1 fully saturated rings. The number of benzene rings is 2. The summed E-state index contributed by atoms with van der Waals surface area (Å²) >= 11 is 0. The molecule has 0 aliphatic carbocycles. The summed E-state index contributed by atoms with van der Waals surface area (Å²) in [5, 5.41) is 3.01. The maximum absolute atomic E-state index is 14.4. The molecule has 3 amide bonds. The lowest BCUT2D eigenvalue weighted by Gasteiger charge is -2.38. The molecule has 41 heavy (non-hydrogen) atoms. The first-order chi connectivity index (χ1) is 19.6. The minimum Gasteiger partial charge on any atom is -0.341 e. The molecule has 2 aliphatic rings. The largest absolute Gasteiger partial charge is 0.341 e. The second-order valence-corrected chi connectivity index (χ2v) is 11.3. The molecule has 1 N–H and O–H groups in total. The Morgan fingerprint density at radius 3 is 2.46 bits per heavy atom. The van der Waals surface area contributed by atoms with E-state index in [1.165, 1.54) is 22.9 Å². The molecule has 216 valence electrons. The number of likely N-dealkylation sites (tertiary alicyclic amines) is 1. The monoisotopic (exact) mass is 561 g/mol. The Labute approximate surface area is 238 Å². The average molecular weight is 562 g/mol. The number of carbonyl (C=O) groups is 2. The predicted molar refractivity (Wildman–Crippen MR) is 155 cm³/mol. The molecule has 0 unspecified atom stereocenters. The quantitative estimate of drug-likeness (QED) is 0.494. The highest BCUT2D eigenvalue weighted by Crippen LogP contribution is 2.25. The smallest absolute Gasteiger partial charge is 0.331 e. The third kappa shape index (κ3) is 5.82. The molecule has 1 aromatic heterocycles. The normalized spacial score (nSPS) is 16.0. The van der Waals surface area contributed by atoms with Crippen molar-refractivity contribution >= 4 is 17.6 Å². The summed E-state index contributed by atoms with van der Waals surface area (Å²) in [6.07, 6.45) is 3.40. The molecule has 9 nitrogen and oxygen atoms in total. The van der Waals surface area contributed by atoms with Crippen LogP contribution in [0.3, 0.4) is 0 Å². The summed E-state index contributed by atoms with van der Waals surface area (Å²) in [6, 6.07) is 12.2. The first kappa shape index (κ1) is 28.3. The van der Waals surface area contributed by atoms with Crippen molar-refractivity contribution in [2.75, 3.05) is 25.0 Å². The number of urea groups is 1. The van der Waals surface area contributed by atoms with Crippen LogP contribution in [0.5, 0.6) is 0 Å². The van der Waals surface area contributed by atoms with Crippen LogP contribution in [0.25, 0.3) is 11.1 Å². The van der Waals surface area contributed by atoms with Crippen LogP contribution in [0.15, 0.2) is 58.3 Å². The van der Waals surface area contributed by atoms with Crippen molar-refractivity contribution in [2.45, 2.75) is 59.2 Å². The zero-order valence-electron chi connectivity index (χ0n) is 23.7. The summed E-state index contributed by atoms with van der Waals surface area (Å²) in [5.41, 5.74) is 1.76. The second kappa shape index (κ2) is 11.7. The Morgan fingerprint density at radius 2 is 1.73 bits per heavy atom. The van der Waals surface area contributed by atoms with Gasteiger partial charge in [0.05, 0.1) is 5.56 Å². The van der Waals surface area contributed by atoms with Gasteiger partial charge in [0.1, 0.15) is 12.4 Å². The molecule has 0 radical (unpaired) electrons. The molecular weight excluding hydrogens is 525 g/mol. The second-order valence-electron chi connectivity index (χ2n) is 11.3. The van der Waals surface area contributed by atoms with Gasteiger partial charge in [0.25, 0.3) is 5.56 Å². The summed E-state index contributed by atoms with van der Waals surface area (Å²) in [5.74, 6) is -0.678. The lowest BCUT2D eigenvalue weighted by molar-refractivity contribution is -0.133. The van der Waals surface area contributed by atoms with E-state index in [0.29, 0.717) is 43.6 Å². The van der Waals surface area contributed by atoms with Gasteiger partial charge in [-0.05, 0) is 60.9 Å². The number of para-hydroxylation sites is 1. The number of nitrogens with zero attached hydrogens (tertiary/aromatic N) is 4. The molecular formula is C31H36FN5O4. The van der Waals surface area contributed by atoms with Crippen LogP contribution in [0.2, 0.25) is 0 Å². The molecule has 0 spiro atoms. The topological polar surface area (TPSA) is 96.7 Å². The number of amides is 3. The first-order valence-corrected chi connectivity index (χ1v) is 14.2. The minimum atomic E-state index is -0.564. The van der Waals surface area contributed by atoms with Gasteiger partial charge in [0.2, 0.25) is 5.91 Å². The van der Waals surface area contributed by atoms with Gasteiger partial charge in [0, 0.05) is 44.1 Å². The average Bonchev–Trinajstić information content (AvgIpc) is 3.12. The maximum Gasteiger partial charge on any atom is 0.331 e. The van der Waals surface area contributed by atoms with Gasteiger partial charge in [-0.25, -0.2) is 14.0 Å². The first-order valence-electron chi connectivity index (χ1n) is 14.2. The zero-order chi connectivity index (χ0) is 29.3. The molecule has 10 heteroatoms. The minimum absolute atomic E-state index is 0.00610. The van der Waals surface area contributed by atoms with Gasteiger partial charge in [-0.1, -0.05) is 44.2 Å². The van der Waals surface area contributed by atoms with Crippen LogP contribution in [-0.4, -0.2) is 56.5 Å². The lowest BCUT2D eigenvalue weighted by Crippen LogP contribution is -2.51. The van der Waals surface area contributed by atoms with Crippen LogP contribution in [-0.2, 0) is 24.3 Å². The Morgan fingerprint density at radius 1 is 1.00 bits per heavy atom. The van der Waals surface area contributed by atoms with Crippen molar-refractivity contribution in [3.05, 3.63) is 86.4 Å². The standard InChI is InChI=1S/C31H36FN5O4/c1-20(2)17-37-29(39)25(24-8-6-9-26(32)21(24)3)18-35(31(37)41)19-28(38)34-14-12-23(13-15-34)36-16-11-22-7-4-5-10-27(22)33-30(36)40/h4-10,18,20,23H,11-17,19H2,1-3H3,(H,33,40). The van der Waals surface area contributed by atoms with Crippen molar-refractivity contribution in [1.82, 2.24) is 18.9 Å². The van der Waals surface area contributed by atoms with E-state index in [-0.39, 0.29) is 42.6 Å². The number of halogens is 1. The number of fused-ring (bicyclic) bond motifs is 1. The highest BCUT2D eigenvalue weighted by Gasteiger charge is 2.31. The van der Waals surface area contributed by atoms with E-state index in [9.17, 15) is 23.6 Å². The van der Waals surface area contributed by atoms with Crippen molar-refractivity contribution < 1.29 is 14.0 Å². The van der Waals surface area contributed by atoms with Gasteiger partial charge >= 0.3 is 11.7 Å². The molecule has 0 atom stereocenters. The Hall–Kier alpha value is -4.21. The molecule has 2 aromatic carbocycles. The lowest BCUT2D eigenvalue weighted by atomic mass is 10.0. The van der Waals surface area contributed by atoms with Gasteiger partial charge in [-0.3, -0.25) is 18.7 Å². The van der Waals surface area contributed by atoms with Crippen LogP contribution in [0, 0.1) is 18.7 Å². The fourth-order valence-corrected chi connectivity index (χ4v) is 5.79. The number of rotatable bonds is 6. The van der Waals surface area contributed by atoms with Crippen molar-refractivity contribution in [1.29, 1.82) is 0 Å². The molecule has 1 saturated heterocycles. The van der Waals surface area contributed by atoms with Gasteiger partial charge in [0.15, 0.2) is 0 Å². The van der Waals surface area contributed by atoms with E-state index >= 15 is 0 Å². The third-order valence-corrected chi connectivity index (χ3v) is 8.05. The zero-order valence-corrected chi connectivity index (χ0v) is 23.7. The number of anilines is 1. The van der Waals surface area contributed by atoms with E-state index in [2.05, 4.69) is 5.32 Å².